The Morgan fingerprint density at radius 3 is 2.94 bits per heavy atom. The molecule has 0 atom stereocenters. The summed E-state index contributed by atoms with van der Waals surface area (Å²) in [5.41, 5.74) is 8.75. The molecule has 0 fully saturated rings. The second-order valence-electron chi connectivity index (χ2n) is 3.88. The standard InChI is InChI=1S/C14H16N2/c1-11-5-7-13-10-12(4-2-3-9-15)6-8-14(13)16-11/h2,4-8,10H,3,9,15H2,1H3/b4-2+. The molecule has 0 amide bonds. The molecule has 1 heterocycles. The van der Waals surface area contributed by atoms with Gasteiger partial charge in [-0.25, -0.2) is 0 Å². The number of hydrogen-bond acceptors (Lipinski definition) is 2. The van der Waals surface area contributed by atoms with E-state index in [-0.39, 0.29) is 0 Å². The summed E-state index contributed by atoms with van der Waals surface area (Å²) in [6.07, 6.45) is 5.12. The molecule has 2 rings (SSSR count). The maximum atomic E-state index is 5.44. The van der Waals surface area contributed by atoms with Crippen LogP contribution >= 0.6 is 0 Å². The van der Waals surface area contributed by atoms with Crippen molar-refractivity contribution in [3.05, 3.63) is 47.7 Å². The van der Waals surface area contributed by atoms with E-state index in [0.29, 0.717) is 6.54 Å². The number of nitrogens with two attached hydrogens (primary N) is 1. The van der Waals surface area contributed by atoms with Gasteiger partial charge in [0.05, 0.1) is 5.52 Å². The molecular weight excluding hydrogens is 196 g/mol. The van der Waals surface area contributed by atoms with Crippen molar-refractivity contribution >= 4 is 17.0 Å². The van der Waals surface area contributed by atoms with Gasteiger partial charge in [-0.3, -0.25) is 4.98 Å². The van der Waals surface area contributed by atoms with Gasteiger partial charge in [0.1, 0.15) is 0 Å². The first-order valence-electron chi connectivity index (χ1n) is 5.53. The number of aryl methyl sites for hydroxylation is 1. The van der Waals surface area contributed by atoms with E-state index < -0.39 is 0 Å². The molecule has 0 unspecified atom stereocenters. The molecule has 0 spiro atoms. The van der Waals surface area contributed by atoms with Gasteiger partial charge in [-0.05, 0) is 43.7 Å². The number of nitrogens with zero attached hydrogens (tertiary/aromatic N) is 1. The van der Waals surface area contributed by atoms with Gasteiger partial charge in [-0.1, -0.05) is 24.3 Å². The van der Waals surface area contributed by atoms with Crippen LogP contribution in [0.4, 0.5) is 0 Å². The Hall–Kier alpha value is -1.67. The number of aromatic nitrogens is 1. The highest BCUT2D eigenvalue weighted by atomic mass is 14.7. The van der Waals surface area contributed by atoms with E-state index in [9.17, 15) is 0 Å². The van der Waals surface area contributed by atoms with Crippen LogP contribution in [0.3, 0.4) is 0 Å². The Morgan fingerprint density at radius 1 is 1.25 bits per heavy atom. The quantitative estimate of drug-likeness (QED) is 0.849. The molecule has 0 aliphatic heterocycles. The number of pyridine rings is 1. The van der Waals surface area contributed by atoms with Crippen molar-refractivity contribution in [2.75, 3.05) is 6.54 Å². The van der Waals surface area contributed by atoms with E-state index in [1.54, 1.807) is 0 Å². The molecule has 16 heavy (non-hydrogen) atoms. The van der Waals surface area contributed by atoms with Crippen molar-refractivity contribution in [2.45, 2.75) is 13.3 Å². The van der Waals surface area contributed by atoms with Gasteiger partial charge in [-0.15, -0.1) is 0 Å². The molecule has 1 aromatic heterocycles. The Kier molecular flexibility index (Phi) is 3.32. The first-order chi connectivity index (χ1) is 7.79. The first-order valence-corrected chi connectivity index (χ1v) is 5.53. The lowest BCUT2D eigenvalue weighted by Crippen LogP contribution is -1.94. The van der Waals surface area contributed by atoms with Crippen molar-refractivity contribution in [3.8, 4) is 0 Å². The van der Waals surface area contributed by atoms with Crippen LogP contribution in [-0.2, 0) is 0 Å². The van der Waals surface area contributed by atoms with Gasteiger partial charge in [-0.2, -0.15) is 0 Å². The normalized spacial score (nSPS) is 11.4. The average Bonchev–Trinajstić information content (AvgIpc) is 2.29. The third-order valence-electron chi connectivity index (χ3n) is 2.50. The highest BCUT2D eigenvalue weighted by Crippen LogP contribution is 2.15. The highest BCUT2D eigenvalue weighted by Gasteiger charge is 1.95. The molecule has 0 saturated carbocycles. The van der Waals surface area contributed by atoms with Crippen LogP contribution in [0.1, 0.15) is 17.7 Å². The number of fused-ring (bicyclic) bond motifs is 1. The molecule has 0 bridgehead atoms. The van der Waals surface area contributed by atoms with E-state index >= 15 is 0 Å². The summed E-state index contributed by atoms with van der Waals surface area (Å²) >= 11 is 0. The summed E-state index contributed by atoms with van der Waals surface area (Å²) in [6.45, 7) is 2.71. The van der Waals surface area contributed by atoms with E-state index in [2.05, 4.69) is 41.4 Å². The first kappa shape index (κ1) is 10.8. The van der Waals surface area contributed by atoms with Crippen molar-refractivity contribution < 1.29 is 0 Å². The zero-order valence-electron chi connectivity index (χ0n) is 9.48. The average molecular weight is 212 g/mol. The van der Waals surface area contributed by atoms with Crippen molar-refractivity contribution in [1.82, 2.24) is 4.98 Å². The lowest BCUT2D eigenvalue weighted by molar-refractivity contribution is 1.01. The Labute approximate surface area is 95.8 Å². The lowest BCUT2D eigenvalue weighted by atomic mass is 10.1. The molecular formula is C14H16N2. The minimum Gasteiger partial charge on any atom is -0.330 e. The zero-order chi connectivity index (χ0) is 11.4. The summed E-state index contributed by atoms with van der Waals surface area (Å²) in [4.78, 5) is 4.47. The molecule has 2 aromatic rings. The van der Waals surface area contributed by atoms with E-state index in [1.807, 2.05) is 13.0 Å². The second kappa shape index (κ2) is 4.90. The van der Waals surface area contributed by atoms with Crippen molar-refractivity contribution in [3.63, 3.8) is 0 Å². The maximum Gasteiger partial charge on any atom is 0.0705 e. The number of rotatable bonds is 3. The largest absolute Gasteiger partial charge is 0.330 e. The predicted molar refractivity (Wildman–Crippen MR) is 69.2 cm³/mol. The van der Waals surface area contributed by atoms with Gasteiger partial charge in [0, 0.05) is 11.1 Å². The minimum absolute atomic E-state index is 0.699. The summed E-state index contributed by atoms with van der Waals surface area (Å²) in [5.74, 6) is 0. The second-order valence-corrected chi connectivity index (χ2v) is 3.88. The van der Waals surface area contributed by atoms with Gasteiger partial charge < -0.3 is 5.73 Å². The predicted octanol–water partition coefficient (Wildman–Crippen LogP) is 2.91. The summed E-state index contributed by atoms with van der Waals surface area (Å²) in [6, 6.07) is 10.4. The van der Waals surface area contributed by atoms with Gasteiger partial charge in [0.2, 0.25) is 0 Å². The molecule has 0 aliphatic rings. The third-order valence-corrected chi connectivity index (χ3v) is 2.50. The lowest BCUT2D eigenvalue weighted by Gasteiger charge is -2.00. The van der Waals surface area contributed by atoms with Gasteiger partial charge in [0.25, 0.3) is 0 Å². The third kappa shape index (κ3) is 2.47. The fourth-order valence-electron chi connectivity index (χ4n) is 1.67. The number of benzene rings is 1. The Balaban J connectivity index is 2.33. The van der Waals surface area contributed by atoms with Gasteiger partial charge in [0.15, 0.2) is 0 Å². The summed E-state index contributed by atoms with van der Waals surface area (Å²) in [7, 11) is 0. The molecule has 2 heteroatoms. The topological polar surface area (TPSA) is 38.9 Å². The molecule has 0 saturated heterocycles. The van der Waals surface area contributed by atoms with E-state index in [1.165, 1.54) is 10.9 Å². The SMILES string of the molecule is Cc1ccc2cc(/C=C/CCN)ccc2n1. The molecule has 2 N–H and O–H groups in total. The fraction of sp³-hybridized carbons (Fsp3) is 0.214. The molecule has 0 radical (unpaired) electrons. The van der Waals surface area contributed by atoms with Crippen LogP contribution in [-0.4, -0.2) is 11.5 Å². The number of hydrogen-bond donors (Lipinski definition) is 1. The summed E-state index contributed by atoms with van der Waals surface area (Å²) in [5, 5.41) is 1.18. The van der Waals surface area contributed by atoms with Crippen LogP contribution in [0.15, 0.2) is 36.4 Å². The Bertz CT molecular complexity index is 515. The molecule has 82 valence electrons. The van der Waals surface area contributed by atoms with Crippen LogP contribution in [0, 0.1) is 6.92 Å². The summed E-state index contributed by atoms with van der Waals surface area (Å²) < 4.78 is 0. The highest BCUT2D eigenvalue weighted by molar-refractivity contribution is 5.81. The molecule has 1 aromatic carbocycles. The molecule has 2 nitrogen and oxygen atoms in total. The van der Waals surface area contributed by atoms with Crippen LogP contribution < -0.4 is 5.73 Å². The van der Waals surface area contributed by atoms with Crippen molar-refractivity contribution in [1.29, 1.82) is 0 Å². The maximum absolute atomic E-state index is 5.44. The van der Waals surface area contributed by atoms with Crippen LogP contribution in [0.5, 0.6) is 0 Å². The monoisotopic (exact) mass is 212 g/mol. The fourth-order valence-corrected chi connectivity index (χ4v) is 1.67. The van der Waals surface area contributed by atoms with E-state index in [0.717, 1.165) is 17.6 Å². The van der Waals surface area contributed by atoms with Crippen LogP contribution in [0.25, 0.3) is 17.0 Å². The Morgan fingerprint density at radius 2 is 2.12 bits per heavy atom. The van der Waals surface area contributed by atoms with Gasteiger partial charge >= 0.3 is 0 Å². The smallest absolute Gasteiger partial charge is 0.0705 e. The zero-order valence-corrected chi connectivity index (χ0v) is 9.48. The van der Waals surface area contributed by atoms with E-state index in [4.69, 9.17) is 5.73 Å². The minimum atomic E-state index is 0.699. The van der Waals surface area contributed by atoms with Crippen molar-refractivity contribution in [2.24, 2.45) is 5.73 Å². The van der Waals surface area contributed by atoms with Crippen LogP contribution in [0.2, 0.25) is 0 Å². The molecule has 0 aliphatic carbocycles.